The van der Waals surface area contributed by atoms with Crippen LogP contribution in [0.5, 0.6) is 0 Å². The first-order valence-corrected chi connectivity index (χ1v) is 20.8. The Labute approximate surface area is 241 Å². The van der Waals surface area contributed by atoms with Gasteiger partial charge >= 0.3 is 0 Å². The van der Waals surface area contributed by atoms with Gasteiger partial charge in [0.15, 0.2) is 0 Å². The van der Waals surface area contributed by atoms with Gasteiger partial charge in [-0.2, -0.15) is 0 Å². The van der Waals surface area contributed by atoms with Gasteiger partial charge in [0.1, 0.15) is 0 Å². The summed E-state index contributed by atoms with van der Waals surface area (Å²) in [6, 6.07) is 11.5. The summed E-state index contributed by atoms with van der Waals surface area (Å²) in [6.45, 7) is 29.7. The van der Waals surface area contributed by atoms with Crippen molar-refractivity contribution in [3.05, 3.63) is 35.4 Å². The summed E-state index contributed by atoms with van der Waals surface area (Å²) in [5.74, 6) is 13.6. The van der Waals surface area contributed by atoms with Gasteiger partial charge in [-0.15, -0.1) is 0 Å². The lowest BCUT2D eigenvalue weighted by atomic mass is 10.1. The smallest absolute Gasteiger partial charge is 0.0612 e. The number of rotatable bonds is 14. The first-order valence-electron chi connectivity index (χ1n) is 15.9. The maximum absolute atomic E-state index is 3.43. The van der Waals surface area contributed by atoms with Gasteiger partial charge in [-0.25, -0.2) is 0 Å². The zero-order chi connectivity index (χ0) is 28.9. The molecule has 0 bridgehead atoms. The minimum absolute atomic E-state index is 0.857. The molecule has 0 aliphatic carbocycles. The van der Waals surface area contributed by atoms with Gasteiger partial charge in [-0.3, -0.25) is 0 Å². The molecule has 0 nitrogen and oxygen atoms in total. The van der Waals surface area contributed by atoms with E-state index < -0.39 is 16.1 Å². The molecule has 0 fully saturated rings. The molecule has 0 atom stereocenters. The second-order valence-electron chi connectivity index (χ2n) is 13.7. The second kappa shape index (κ2) is 16.8. The van der Waals surface area contributed by atoms with E-state index in [4.69, 9.17) is 0 Å². The van der Waals surface area contributed by atoms with Crippen molar-refractivity contribution in [1.82, 2.24) is 0 Å². The van der Waals surface area contributed by atoms with Crippen LogP contribution < -0.4 is 0 Å². The van der Waals surface area contributed by atoms with Crippen LogP contribution in [0.4, 0.5) is 0 Å². The Hall–Kier alpha value is -1.23. The molecule has 214 valence electrons. The lowest BCUT2D eigenvalue weighted by Crippen LogP contribution is -2.44. The van der Waals surface area contributed by atoms with Crippen molar-refractivity contribution < 1.29 is 0 Å². The van der Waals surface area contributed by atoms with Crippen LogP contribution in [0.25, 0.3) is 0 Å². The number of benzene rings is 1. The highest BCUT2D eigenvalue weighted by atomic mass is 28.3. The van der Waals surface area contributed by atoms with E-state index in [1.54, 1.807) is 0 Å². The van der Waals surface area contributed by atoms with Crippen molar-refractivity contribution >= 4 is 16.1 Å². The topological polar surface area (TPSA) is 0 Å². The van der Waals surface area contributed by atoms with Crippen molar-refractivity contribution in [3.8, 4) is 23.7 Å². The largest absolute Gasteiger partial charge is 0.0979 e. The predicted molar refractivity (Wildman–Crippen MR) is 180 cm³/mol. The van der Waals surface area contributed by atoms with Crippen molar-refractivity contribution in [2.24, 2.45) is 0 Å². The summed E-state index contributed by atoms with van der Waals surface area (Å²) in [4.78, 5) is 0. The third kappa shape index (κ3) is 9.45. The summed E-state index contributed by atoms with van der Waals surface area (Å²) >= 11 is 0. The molecule has 38 heavy (non-hydrogen) atoms. The minimum atomic E-state index is -1.26. The van der Waals surface area contributed by atoms with E-state index in [1.165, 1.54) is 37.8 Å². The molecular weight excluding hydrogens is 489 g/mol. The number of unbranched alkanes of at least 4 members (excludes halogenated alkanes) is 4. The predicted octanol–water partition coefficient (Wildman–Crippen LogP) is 12.1. The Kier molecular flexibility index (Phi) is 15.4. The summed E-state index contributed by atoms with van der Waals surface area (Å²) in [6.07, 6.45) is 7.14. The van der Waals surface area contributed by atoms with E-state index in [0.717, 1.165) is 57.2 Å². The molecule has 0 aliphatic rings. The van der Waals surface area contributed by atoms with Crippen LogP contribution >= 0.6 is 0 Å². The Morgan fingerprint density at radius 2 is 0.711 bits per heavy atom. The van der Waals surface area contributed by atoms with E-state index >= 15 is 0 Å². The van der Waals surface area contributed by atoms with E-state index in [-0.39, 0.29) is 0 Å². The van der Waals surface area contributed by atoms with Gasteiger partial charge in [0.05, 0.1) is 16.1 Å². The average Bonchev–Trinajstić information content (AvgIpc) is 2.82. The molecule has 0 saturated carbocycles. The van der Waals surface area contributed by atoms with E-state index in [9.17, 15) is 0 Å². The molecule has 1 rings (SSSR count). The fourth-order valence-corrected chi connectivity index (χ4v) is 21.2. The molecule has 2 heteroatoms. The molecule has 0 saturated heterocycles. The van der Waals surface area contributed by atoms with Crippen LogP contribution in [0.15, 0.2) is 24.3 Å². The maximum atomic E-state index is 3.43. The van der Waals surface area contributed by atoms with Crippen LogP contribution in [0.1, 0.15) is 133 Å². The Morgan fingerprint density at radius 3 is 0.947 bits per heavy atom. The van der Waals surface area contributed by atoms with Crippen molar-refractivity contribution in [1.29, 1.82) is 0 Å². The first-order chi connectivity index (χ1) is 17.8. The highest BCUT2D eigenvalue weighted by Gasteiger charge is 2.42. The molecule has 1 aromatic rings. The zero-order valence-electron chi connectivity index (χ0n) is 27.4. The molecule has 0 radical (unpaired) electrons. The molecule has 0 heterocycles. The standard InChI is InChI=1S/C36H62Si2/c1-29(2)37(30(3)4,31(5)6)27-19-15-13-17-21-35-23-25-36(26-24-35)22-18-14-16-20-28-38(32(7)8,33(9)10)34(11)12/h23-26,29-34H,13-16,19-20,27-28H2,1-12H3. The second-order valence-corrected chi connectivity index (χ2v) is 26.1. The van der Waals surface area contributed by atoms with Crippen molar-refractivity contribution in [2.75, 3.05) is 0 Å². The number of hydrogen-bond donors (Lipinski definition) is 0. The van der Waals surface area contributed by atoms with Crippen LogP contribution in [0, 0.1) is 23.7 Å². The molecular formula is C36H62Si2. The van der Waals surface area contributed by atoms with Crippen LogP contribution in [-0.2, 0) is 0 Å². The highest BCUT2D eigenvalue weighted by Crippen LogP contribution is 2.46. The highest BCUT2D eigenvalue weighted by molar-refractivity contribution is 6.84. The van der Waals surface area contributed by atoms with E-state index in [1.807, 2.05) is 0 Å². The quantitative estimate of drug-likeness (QED) is 0.123. The van der Waals surface area contributed by atoms with Gasteiger partial charge in [-0.1, -0.05) is 165 Å². The van der Waals surface area contributed by atoms with Crippen molar-refractivity contribution in [3.63, 3.8) is 0 Å². The SMILES string of the molecule is CC(C)[Si](CCCCC#Cc1ccc(C#CCCCC[Si](C(C)C)(C(C)C)C(C)C)cc1)(C(C)C)C(C)C. The summed E-state index contributed by atoms with van der Waals surface area (Å²) < 4.78 is 0. The average molecular weight is 551 g/mol. The van der Waals surface area contributed by atoms with Gasteiger partial charge in [-0.05, 0) is 37.1 Å². The number of hydrogen-bond acceptors (Lipinski definition) is 0. The third-order valence-electron chi connectivity index (χ3n) is 10.1. The zero-order valence-corrected chi connectivity index (χ0v) is 29.4. The molecule has 0 aromatic heterocycles. The molecule has 0 unspecified atom stereocenters. The molecule has 0 N–H and O–H groups in total. The van der Waals surface area contributed by atoms with Crippen molar-refractivity contribution in [2.45, 2.75) is 167 Å². The van der Waals surface area contributed by atoms with Crippen LogP contribution in [-0.4, -0.2) is 16.1 Å². The minimum Gasteiger partial charge on any atom is -0.0979 e. The summed E-state index contributed by atoms with van der Waals surface area (Å²) in [7, 11) is -2.52. The van der Waals surface area contributed by atoms with E-state index in [0.29, 0.717) is 0 Å². The Bertz CT molecular complexity index is 790. The molecule has 0 spiro atoms. The van der Waals surface area contributed by atoms with Gasteiger partial charge in [0.2, 0.25) is 0 Å². The summed E-state index contributed by atoms with van der Waals surface area (Å²) in [5.41, 5.74) is 7.37. The normalized spacial score (nSPS) is 12.5. The Morgan fingerprint density at radius 1 is 0.447 bits per heavy atom. The Balaban J connectivity index is 2.52. The fraction of sp³-hybridized carbons (Fsp3) is 0.722. The fourth-order valence-electron chi connectivity index (χ4n) is 7.99. The van der Waals surface area contributed by atoms with Gasteiger partial charge in [0.25, 0.3) is 0 Å². The maximum Gasteiger partial charge on any atom is 0.0612 e. The first kappa shape index (κ1) is 34.8. The lowest BCUT2D eigenvalue weighted by molar-refractivity contribution is 0.741. The van der Waals surface area contributed by atoms with Crippen LogP contribution in [0.3, 0.4) is 0 Å². The van der Waals surface area contributed by atoms with Crippen LogP contribution in [0.2, 0.25) is 45.3 Å². The monoisotopic (exact) mass is 550 g/mol. The summed E-state index contributed by atoms with van der Waals surface area (Å²) in [5, 5.41) is 0. The van der Waals surface area contributed by atoms with Gasteiger partial charge in [0, 0.05) is 24.0 Å². The van der Waals surface area contributed by atoms with Gasteiger partial charge < -0.3 is 0 Å². The lowest BCUT2D eigenvalue weighted by Gasteiger charge is -2.43. The van der Waals surface area contributed by atoms with E-state index in [2.05, 4.69) is 131 Å². The molecule has 1 aromatic carbocycles. The molecule has 0 amide bonds. The molecule has 0 aliphatic heterocycles. The third-order valence-corrected chi connectivity index (χ3v) is 25.5.